The van der Waals surface area contributed by atoms with Crippen molar-refractivity contribution >= 4 is 6.09 Å². The van der Waals surface area contributed by atoms with Crippen LogP contribution in [-0.4, -0.2) is 43.3 Å². The van der Waals surface area contributed by atoms with Gasteiger partial charge in [-0.1, -0.05) is 27.7 Å². The summed E-state index contributed by atoms with van der Waals surface area (Å²) in [6.07, 6.45) is 1.98. The Morgan fingerprint density at radius 1 is 1.32 bits per heavy atom. The van der Waals surface area contributed by atoms with Crippen LogP contribution in [0.5, 0.6) is 0 Å². The van der Waals surface area contributed by atoms with E-state index < -0.39 is 0 Å². The van der Waals surface area contributed by atoms with Crippen LogP contribution in [0, 0.1) is 11.3 Å². The molecule has 19 heavy (non-hydrogen) atoms. The van der Waals surface area contributed by atoms with Gasteiger partial charge in [-0.15, -0.1) is 0 Å². The van der Waals surface area contributed by atoms with Crippen molar-refractivity contribution in [2.45, 2.75) is 53.5 Å². The highest BCUT2D eigenvalue weighted by molar-refractivity contribution is 5.67. The van der Waals surface area contributed by atoms with Crippen LogP contribution >= 0.6 is 0 Å². The quantitative estimate of drug-likeness (QED) is 0.854. The average molecular weight is 270 g/mol. The summed E-state index contributed by atoms with van der Waals surface area (Å²) in [7, 11) is 0. The van der Waals surface area contributed by atoms with Gasteiger partial charge in [0.25, 0.3) is 0 Å². The van der Waals surface area contributed by atoms with Gasteiger partial charge in [-0.05, 0) is 37.6 Å². The minimum atomic E-state index is -0.278. The largest absolute Gasteiger partial charge is 0.450 e. The third-order valence-corrected chi connectivity index (χ3v) is 3.56. The zero-order valence-electron chi connectivity index (χ0n) is 13.2. The molecule has 1 N–H and O–H groups in total. The average Bonchev–Trinajstić information content (AvgIpc) is 2.26. The van der Waals surface area contributed by atoms with Gasteiger partial charge >= 0.3 is 6.09 Å². The number of likely N-dealkylation sites (tertiary alicyclic amines) is 1. The van der Waals surface area contributed by atoms with E-state index >= 15 is 0 Å². The SMILES string of the molecule is CCOC(=O)NC1CC(CC(C)(C)C)CN(CC)C1. The number of rotatable bonds is 4. The molecule has 1 aliphatic heterocycles. The number of alkyl carbamates (subject to hydrolysis) is 1. The molecule has 0 aromatic heterocycles. The number of nitrogens with one attached hydrogen (secondary N) is 1. The van der Waals surface area contributed by atoms with Crippen molar-refractivity contribution in [3.8, 4) is 0 Å². The number of likely N-dealkylation sites (N-methyl/N-ethyl adjacent to an activating group) is 1. The summed E-state index contributed by atoms with van der Waals surface area (Å²) in [5, 5.41) is 3.00. The second-order valence-corrected chi connectivity index (χ2v) is 6.78. The standard InChI is InChI=1S/C15H30N2O2/c1-6-17-10-12(9-15(3,4)5)8-13(11-17)16-14(18)19-7-2/h12-13H,6-11H2,1-5H3,(H,16,18). The van der Waals surface area contributed by atoms with Gasteiger partial charge in [0, 0.05) is 19.1 Å². The van der Waals surface area contributed by atoms with E-state index in [1.165, 1.54) is 6.42 Å². The van der Waals surface area contributed by atoms with Crippen LogP contribution in [0.4, 0.5) is 4.79 Å². The fourth-order valence-electron chi connectivity index (χ4n) is 3.02. The summed E-state index contributed by atoms with van der Waals surface area (Å²) in [5.74, 6) is 0.653. The molecule has 112 valence electrons. The van der Waals surface area contributed by atoms with E-state index in [1.54, 1.807) is 0 Å². The molecule has 0 aromatic carbocycles. The Labute approximate surface area is 117 Å². The second-order valence-electron chi connectivity index (χ2n) is 6.78. The Morgan fingerprint density at radius 2 is 2.00 bits per heavy atom. The molecule has 2 unspecified atom stereocenters. The molecule has 4 heteroatoms. The van der Waals surface area contributed by atoms with Crippen molar-refractivity contribution in [2.24, 2.45) is 11.3 Å². The number of piperidine rings is 1. The number of carbonyl (C=O) groups is 1. The summed E-state index contributed by atoms with van der Waals surface area (Å²) in [4.78, 5) is 14.0. The van der Waals surface area contributed by atoms with Gasteiger partial charge in [-0.2, -0.15) is 0 Å². The predicted octanol–water partition coefficient (Wildman–Crippen LogP) is 2.88. The molecule has 4 nitrogen and oxygen atoms in total. The molecular weight excluding hydrogens is 240 g/mol. The summed E-state index contributed by atoms with van der Waals surface area (Å²) >= 11 is 0. The van der Waals surface area contributed by atoms with Gasteiger partial charge < -0.3 is 15.0 Å². The normalized spacial score (nSPS) is 25.1. The highest BCUT2D eigenvalue weighted by atomic mass is 16.5. The molecule has 1 fully saturated rings. The molecule has 0 spiro atoms. The van der Waals surface area contributed by atoms with Gasteiger partial charge in [-0.25, -0.2) is 4.79 Å². The van der Waals surface area contributed by atoms with E-state index in [2.05, 4.69) is 37.9 Å². The van der Waals surface area contributed by atoms with E-state index in [-0.39, 0.29) is 12.1 Å². The molecule has 0 aliphatic carbocycles. The van der Waals surface area contributed by atoms with E-state index in [0.29, 0.717) is 17.9 Å². The molecule has 1 saturated heterocycles. The van der Waals surface area contributed by atoms with E-state index in [9.17, 15) is 4.79 Å². The highest BCUT2D eigenvalue weighted by Gasteiger charge is 2.30. The maximum absolute atomic E-state index is 11.5. The molecular formula is C15H30N2O2. The lowest BCUT2D eigenvalue weighted by Gasteiger charge is -2.39. The Kier molecular flexibility index (Phi) is 6.11. The topological polar surface area (TPSA) is 41.6 Å². The summed E-state index contributed by atoms with van der Waals surface area (Å²) in [6, 6.07) is 0.222. The first kappa shape index (κ1) is 16.3. The molecule has 1 heterocycles. The van der Waals surface area contributed by atoms with Crippen molar-refractivity contribution in [1.29, 1.82) is 0 Å². The minimum absolute atomic E-state index is 0.222. The Bertz CT molecular complexity index is 286. The Morgan fingerprint density at radius 3 is 2.53 bits per heavy atom. The molecule has 0 saturated carbocycles. The first-order valence-corrected chi connectivity index (χ1v) is 7.49. The van der Waals surface area contributed by atoms with Crippen LogP contribution in [-0.2, 0) is 4.74 Å². The fraction of sp³-hybridized carbons (Fsp3) is 0.933. The van der Waals surface area contributed by atoms with Gasteiger partial charge in [0.15, 0.2) is 0 Å². The maximum Gasteiger partial charge on any atom is 0.407 e. The van der Waals surface area contributed by atoms with Crippen LogP contribution < -0.4 is 5.32 Å². The lowest BCUT2D eigenvalue weighted by atomic mass is 9.80. The van der Waals surface area contributed by atoms with Crippen molar-refractivity contribution in [2.75, 3.05) is 26.2 Å². The number of hydrogen-bond donors (Lipinski definition) is 1. The second kappa shape index (κ2) is 7.13. The summed E-state index contributed by atoms with van der Waals surface area (Å²) in [5.41, 5.74) is 0.343. The van der Waals surface area contributed by atoms with Crippen LogP contribution in [0.25, 0.3) is 0 Å². The number of nitrogens with zero attached hydrogens (tertiary/aromatic N) is 1. The molecule has 0 bridgehead atoms. The third kappa shape index (κ3) is 6.28. The van der Waals surface area contributed by atoms with E-state index in [0.717, 1.165) is 26.1 Å². The van der Waals surface area contributed by atoms with Crippen LogP contribution in [0.1, 0.15) is 47.5 Å². The van der Waals surface area contributed by atoms with Crippen LogP contribution in [0.2, 0.25) is 0 Å². The lowest BCUT2D eigenvalue weighted by molar-refractivity contribution is 0.105. The smallest absolute Gasteiger partial charge is 0.407 e. The molecule has 2 atom stereocenters. The van der Waals surface area contributed by atoms with Gasteiger partial charge in [0.05, 0.1) is 6.61 Å². The fourth-order valence-corrected chi connectivity index (χ4v) is 3.02. The zero-order chi connectivity index (χ0) is 14.5. The minimum Gasteiger partial charge on any atom is -0.450 e. The Hall–Kier alpha value is -0.770. The Balaban J connectivity index is 2.54. The molecule has 0 radical (unpaired) electrons. The summed E-state index contributed by atoms with van der Waals surface area (Å²) in [6.45, 7) is 14.4. The van der Waals surface area contributed by atoms with E-state index in [1.807, 2.05) is 6.92 Å². The summed E-state index contributed by atoms with van der Waals surface area (Å²) < 4.78 is 4.98. The monoisotopic (exact) mass is 270 g/mol. The maximum atomic E-state index is 11.5. The van der Waals surface area contributed by atoms with Crippen molar-refractivity contribution in [3.05, 3.63) is 0 Å². The molecule has 1 amide bonds. The number of hydrogen-bond acceptors (Lipinski definition) is 3. The third-order valence-electron chi connectivity index (χ3n) is 3.56. The zero-order valence-corrected chi connectivity index (χ0v) is 13.2. The van der Waals surface area contributed by atoms with Gasteiger partial charge in [0.2, 0.25) is 0 Å². The van der Waals surface area contributed by atoms with Crippen LogP contribution in [0.3, 0.4) is 0 Å². The van der Waals surface area contributed by atoms with Gasteiger partial charge in [0.1, 0.15) is 0 Å². The van der Waals surface area contributed by atoms with Crippen molar-refractivity contribution in [1.82, 2.24) is 10.2 Å². The van der Waals surface area contributed by atoms with Crippen LogP contribution in [0.15, 0.2) is 0 Å². The number of amides is 1. The number of carbonyl (C=O) groups excluding carboxylic acids is 1. The first-order chi connectivity index (χ1) is 8.84. The highest BCUT2D eigenvalue weighted by Crippen LogP contribution is 2.30. The predicted molar refractivity (Wildman–Crippen MR) is 78.2 cm³/mol. The van der Waals surface area contributed by atoms with Gasteiger partial charge in [-0.3, -0.25) is 0 Å². The number of ether oxygens (including phenoxy) is 1. The van der Waals surface area contributed by atoms with Crippen molar-refractivity contribution < 1.29 is 9.53 Å². The van der Waals surface area contributed by atoms with Crippen molar-refractivity contribution in [3.63, 3.8) is 0 Å². The van der Waals surface area contributed by atoms with E-state index in [4.69, 9.17) is 4.74 Å². The first-order valence-electron chi connectivity index (χ1n) is 7.49. The molecule has 0 aromatic rings. The molecule has 1 rings (SSSR count). The lowest BCUT2D eigenvalue weighted by Crippen LogP contribution is -2.51. The molecule has 1 aliphatic rings.